The molecule has 4 N–H and O–H groups in total. The molecule has 2 amide bonds. The van der Waals surface area contributed by atoms with Crippen LogP contribution in [-0.2, 0) is 21.4 Å². The highest BCUT2D eigenvalue weighted by molar-refractivity contribution is 5.97. The summed E-state index contributed by atoms with van der Waals surface area (Å²) in [5, 5.41) is 5.79. The van der Waals surface area contributed by atoms with Crippen molar-refractivity contribution in [1.29, 1.82) is 0 Å². The van der Waals surface area contributed by atoms with Gasteiger partial charge in [0.1, 0.15) is 11.7 Å². The quantitative estimate of drug-likeness (QED) is 0.570. The molecule has 8 nitrogen and oxygen atoms in total. The predicted molar refractivity (Wildman–Crippen MR) is 106 cm³/mol. The number of aromatic nitrogens is 1. The van der Waals surface area contributed by atoms with Gasteiger partial charge in [-0.25, -0.2) is 0 Å². The molecule has 0 aromatic carbocycles. The largest absolute Gasteiger partial charge is 0.469 e. The van der Waals surface area contributed by atoms with Gasteiger partial charge in [0, 0.05) is 18.8 Å². The number of esters is 1. The molecule has 28 heavy (non-hydrogen) atoms. The molecule has 156 valence electrons. The summed E-state index contributed by atoms with van der Waals surface area (Å²) in [5.74, 6) is -1.22. The molecular weight excluding hydrogens is 360 g/mol. The SMILES string of the molecule is COC(=O)[C@@H]1CCC[C@@H]1NC(=O)[C@H](CCCN)NC(=O)c1c(C)cc(C)n1C. The summed E-state index contributed by atoms with van der Waals surface area (Å²) >= 11 is 0. The molecule has 2 rings (SSSR count). The molecule has 0 spiro atoms. The number of aryl methyl sites for hydroxylation is 2. The Morgan fingerprint density at radius 2 is 2.04 bits per heavy atom. The zero-order valence-electron chi connectivity index (χ0n) is 17.2. The number of nitrogens with one attached hydrogen (secondary N) is 2. The monoisotopic (exact) mass is 392 g/mol. The van der Waals surface area contributed by atoms with Crippen LogP contribution in [0.4, 0.5) is 0 Å². The summed E-state index contributed by atoms with van der Waals surface area (Å²) in [6.07, 6.45) is 3.31. The lowest BCUT2D eigenvalue weighted by Crippen LogP contribution is -2.51. The number of amides is 2. The second kappa shape index (κ2) is 9.73. The van der Waals surface area contributed by atoms with E-state index >= 15 is 0 Å². The molecule has 1 aromatic rings. The first kappa shape index (κ1) is 21.9. The Labute approximate surface area is 166 Å². The van der Waals surface area contributed by atoms with Gasteiger partial charge in [0.15, 0.2) is 0 Å². The number of hydrogen-bond acceptors (Lipinski definition) is 5. The third-order valence-electron chi connectivity index (χ3n) is 5.54. The van der Waals surface area contributed by atoms with Crippen molar-refractivity contribution in [2.45, 2.75) is 58.0 Å². The summed E-state index contributed by atoms with van der Waals surface area (Å²) in [6, 6.07) is 0.962. The third-order valence-corrected chi connectivity index (χ3v) is 5.54. The molecule has 1 aliphatic carbocycles. The van der Waals surface area contributed by atoms with Crippen LogP contribution in [0.5, 0.6) is 0 Å². The number of hydrogen-bond donors (Lipinski definition) is 3. The zero-order chi connectivity index (χ0) is 20.8. The molecule has 3 atom stereocenters. The molecule has 0 bridgehead atoms. The second-order valence-electron chi connectivity index (χ2n) is 7.51. The highest BCUT2D eigenvalue weighted by Crippen LogP contribution is 2.27. The minimum absolute atomic E-state index is 0.267. The average Bonchev–Trinajstić information content (AvgIpc) is 3.21. The smallest absolute Gasteiger partial charge is 0.310 e. The van der Waals surface area contributed by atoms with Crippen LogP contribution >= 0.6 is 0 Å². The van der Waals surface area contributed by atoms with Crippen molar-refractivity contribution in [2.24, 2.45) is 18.7 Å². The van der Waals surface area contributed by atoms with E-state index in [0.717, 1.165) is 24.1 Å². The number of methoxy groups -OCH3 is 1. The van der Waals surface area contributed by atoms with Crippen LogP contribution in [0.3, 0.4) is 0 Å². The highest BCUT2D eigenvalue weighted by Gasteiger charge is 2.36. The topological polar surface area (TPSA) is 115 Å². The Morgan fingerprint density at radius 3 is 2.61 bits per heavy atom. The van der Waals surface area contributed by atoms with Gasteiger partial charge in [-0.05, 0) is 57.7 Å². The van der Waals surface area contributed by atoms with Gasteiger partial charge < -0.3 is 25.7 Å². The number of ether oxygens (including phenoxy) is 1. The van der Waals surface area contributed by atoms with Crippen molar-refractivity contribution >= 4 is 17.8 Å². The summed E-state index contributed by atoms with van der Waals surface area (Å²) in [5.41, 5.74) is 7.97. The molecule has 0 saturated heterocycles. The van der Waals surface area contributed by atoms with Gasteiger partial charge in [-0.1, -0.05) is 6.42 Å². The first-order valence-corrected chi connectivity index (χ1v) is 9.82. The van der Waals surface area contributed by atoms with Crippen LogP contribution in [0.15, 0.2) is 6.07 Å². The number of nitrogens with zero attached hydrogens (tertiary/aromatic N) is 1. The molecular formula is C20H32N4O4. The summed E-state index contributed by atoms with van der Waals surface area (Å²) in [6.45, 7) is 4.22. The van der Waals surface area contributed by atoms with E-state index in [1.165, 1.54) is 7.11 Å². The minimum atomic E-state index is -0.704. The van der Waals surface area contributed by atoms with Crippen LogP contribution in [0.25, 0.3) is 0 Å². The Morgan fingerprint density at radius 1 is 1.32 bits per heavy atom. The van der Waals surface area contributed by atoms with Crippen molar-refractivity contribution in [3.8, 4) is 0 Å². The Kier molecular flexibility index (Phi) is 7.62. The summed E-state index contributed by atoms with van der Waals surface area (Å²) in [4.78, 5) is 37.6. The van der Waals surface area contributed by atoms with Crippen LogP contribution in [0.2, 0.25) is 0 Å². The van der Waals surface area contributed by atoms with Crippen LogP contribution in [-0.4, -0.2) is 48.1 Å². The molecule has 0 radical (unpaired) electrons. The van der Waals surface area contributed by atoms with Gasteiger partial charge >= 0.3 is 5.97 Å². The Balaban J connectivity index is 2.10. The Hall–Kier alpha value is -2.35. The molecule has 1 saturated carbocycles. The second-order valence-corrected chi connectivity index (χ2v) is 7.51. The fraction of sp³-hybridized carbons (Fsp3) is 0.650. The van der Waals surface area contributed by atoms with Crippen LogP contribution in [0.1, 0.15) is 53.8 Å². The van der Waals surface area contributed by atoms with E-state index in [9.17, 15) is 14.4 Å². The molecule has 1 fully saturated rings. The normalized spacial score (nSPS) is 19.9. The van der Waals surface area contributed by atoms with Crippen molar-refractivity contribution in [3.63, 3.8) is 0 Å². The first-order chi connectivity index (χ1) is 13.3. The number of carbonyl (C=O) groups is 3. The lowest BCUT2D eigenvalue weighted by molar-refractivity contribution is -0.146. The van der Waals surface area contributed by atoms with E-state index in [-0.39, 0.29) is 29.7 Å². The van der Waals surface area contributed by atoms with E-state index < -0.39 is 6.04 Å². The fourth-order valence-electron chi connectivity index (χ4n) is 3.92. The maximum absolute atomic E-state index is 12.9. The lowest BCUT2D eigenvalue weighted by Gasteiger charge is -2.24. The number of nitrogens with two attached hydrogens (primary N) is 1. The van der Waals surface area contributed by atoms with Crippen molar-refractivity contribution < 1.29 is 19.1 Å². The molecule has 0 aliphatic heterocycles. The zero-order valence-corrected chi connectivity index (χ0v) is 17.2. The van der Waals surface area contributed by atoms with E-state index in [1.54, 1.807) is 0 Å². The number of carbonyl (C=O) groups excluding carboxylic acids is 3. The van der Waals surface area contributed by atoms with Gasteiger partial charge in [0.2, 0.25) is 5.91 Å². The standard InChI is InChI=1S/C20H32N4O4/c1-12-11-13(2)24(3)17(12)19(26)23-16(9-6-10-21)18(25)22-15-8-5-7-14(15)20(27)28-4/h11,14-16H,5-10,21H2,1-4H3,(H,22,25)(H,23,26)/t14-,15+,16+/m1/s1. The maximum Gasteiger partial charge on any atom is 0.310 e. The highest BCUT2D eigenvalue weighted by atomic mass is 16.5. The van der Waals surface area contributed by atoms with Gasteiger partial charge in [-0.3, -0.25) is 14.4 Å². The van der Waals surface area contributed by atoms with Crippen LogP contribution in [0, 0.1) is 19.8 Å². The first-order valence-electron chi connectivity index (χ1n) is 9.82. The number of rotatable bonds is 8. The maximum atomic E-state index is 12.9. The summed E-state index contributed by atoms with van der Waals surface area (Å²) in [7, 11) is 3.18. The van der Waals surface area contributed by atoms with Crippen molar-refractivity contribution in [1.82, 2.24) is 15.2 Å². The van der Waals surface area contributed by atoms with Gasteiger partial charge in [-0.15, -0.1) is 0 Å². The van der Waals surface area contributed by atoms with Gasteiger partial charge in [-0.2, -0.15) is 0 Å². The van der Waals surface area contributed by atoms with Gasteiger partial charge in [0.25, 0.3) is 5.91 Å². The average molecular weight is 393 g/mol. The Bertz CT molecular complexity index is 728. The third kappa shape index (κ3) is 4.92. The van der Waals surface area contributed by atoms with E-state index in [4.69, 9.17) is 10.5 Å². The minimum Gasteiger partial charge on any atom is -0.469 e. The lowest BCUT2D eigenvalue weighted by atomic mass is 10.0. The molecule has 8 heteroatoms. The fourth-order valence-corrected chi connectivity index (χ4v) is 3.92. The molecule has 1 aromatic heterocycles. The van der Waals surface area contributed by atoms with Gasteiger partial charge in [0.05, 0.1) is 13.0 Å². The van der Waals surface area contributed by atoms with Crippen LogP contribution < -0.4 is 16.4 Å². The molecule has 0 unspecified atom stereocenters. The molecule has 1 aliphatic rings. The van der Waals surface area contributed by atoms with Crippen molar-refractivity contribution in [3.05, 3.63) is 23.0 Å². The summed E-state index contributed by atoms with van der Waals surface area (Å²) < 4.78 is 6.66. The predicted octanol–water partition coefficient (Wildman–Crippen LogP) is 0.937. The van der Waals surface area contributed by atoms with E-state index in [0.29, 0.717) is 31.5 Å². The van der Waals surface area contributed by atoms with E-state index in [2.05, 4.69) is 10.6 Å². The van der Waals surface area contributed by atoms with Crippen molar-refractivity contribution in [2.75, 3.05) is 13.7 Å². The molecule has 1 heterocycles. The van der Waals surface area contributed by atoms with E-state index in [1.807, 2.05) is 31.5 Å².